The normalized spacial score (nSPS) is 9.91. The highest BCUT2D eigenvalue weighted by Gasteiger charge is 1.88. The predicted octanol–water partition coefficient (Wildman–Crippen LogP) is 5.71. The fraction of sp³-hybridized carbons (Fsp3) is 0. The van der Waals surface area contributed by atoms with E-state index in [0.717, 1.165) is 0 Å². The maximum atomic E-state index is 8.95. The third-order valence-electron chi connectivity index (χ3n) is 2.72. The summed E-state index contributed by atoms with van der Waals surface area (Å²) in [6.45, 7) is 0. The minimum atomic E-state index is -2.31. The third kappa shape index (κ3) is 5.53. The Morgan fingerprint density at radius 2 is 1.05 bits per heavy atom. The summed E-state index contributed by atoms with van der Waals surface area (Å²) in [6, 6.07) is 21.1. The number of thiophene rings is 2. The number of thiol groups is 1. The molecule has 0 radical (unpaired) electrons. The predicted molar refractivity (Wildman–Crippen MR) is 103 cm³/mol. The first kappa shape index (κ1) is 17.1. The molecule has 6 heteroatoms. The minimum absolute atomic E-state index is 1.35. The van der Waals surface area contributed by atoms with Crippen molar-refractivity contribution in [3.8, 4) is 0 Å². The second-order valence-corrected chi connectivity index (χ2v) is 8.19. The van der Waals surface area contributed by atoms with Crippen molar-refractivity contribution in [2.75, 3.05) is 0 Å². The summed E-state index contributed by atoms with van der Waals surface area (Å²) in [5.41, 5.74) is 0. The molecule has 4 aromatic rings. The molecular weight excluding hydrogens is 400 g/mol. The Bertz CT molecular complexity index is 775. The topological polar surface area (TPSA) is 34.1 Å². The van der Waals surface area contributed by atoms with Crippen LogP contribution in [0.5, 0.6) is 0 Å². The van der Waals surface area contributed by atoms with E-state index in [0.29, 0.717) is 0 Å². The van der Waals surface area contributed by atoms with Crippen molar-refractivity contribution < 1.29 is 8.42 Å². The number of hydrogen-bond acceptors (Lipinski definition) is 4. The molecule has 0 amide bonds. The van der Waals surface area contributed by atoms with Crippen LogP contribution in [0.15, 0.2) is 71.4 Å². The van der Waals surface area contributed by atoms with Gasteiger partial charge in [-0.2, -0.15) is 0 Å². The van der Waals surface area contributed by atoms with Crippen molar-refractivity contribution >= 4 is 66.8 Å². The molecule has 22 heavy (non-hydrogen) atoms. The van der Waals surface area contributed by atoms with E-state index in [9.17, 15) is 0 Å². The molecule has 0 saturated carbocycles. The van der Waals surface area contributed by atoms with Gasteiger partial charge in [0.05, 0.1) is 14.8 Å². The van der Waals surface area contributed by atoms with Crippen LogP contribution in [-0.2, 0) is 9.14 Å². The first-order chi connectivity index (χ1) is 10.7. The van der Waals surface area contributed by atoms with Gasteiger partial charge in [0.1, 0.15) is 0 Å². The minimum Gasteiger partial charge on any atom is -0.220 e. The van der Waals surface area contributed by atoms with Gasteiger partial charge >= 0.3 is 0 Å². The molecule has 0 aliphatic rings. The van der Waals surface area contributed by atoms with Crippen molar-refractivity contribution in [2.45, 2.75) is 0 Å². The molecule has 0 atom stereocenters. The van der Waals surface area contributed by atoms with E-state index in [1.807, 2.05) is 0 Å². The molecule has 2 aromatic carbocycles. The summed E-state index contributed by atoms with van der Waals surface area (Å²) in [4.78, 5) is 0. The number of benzene rings is 2. The second-order valence-electron chi connectivity index (χ2n) is 4.13. The second kappa shape index (κ2) is 9.05. The zero-order valence-electron chi connectivity index (χ0n) is 11.4. The highest BCUT2D eigenvalue weighted by molar-refractivity contribution is 9.44. The summed E-state index contributed by atoms with van der Waals surface area (Å²) in [5, 5.41) is 6.93. The molecule has 0 unspecified atom stereocenters. The van der Waals surface area contributed by atoms with E-state index < -0.39 is 9.14 Å². The Morgan fingerprint density at radius 1 is 0.682 bits per heavy atom. The van der Waals surface area contributed by atoms with Gasteiger partial charge in [0.2, 0.25) is 0 Å². The summed E-state index contributed by atoms with van der Waals surface area (Å²) in [6.07, 6.45) is 0. The van der Waals surface area contributed by atoms with Gasteiger partial charge in [-0.3, -0.25) is 0 Å². The maximum Gasteiger partial charge on any atom is 0.199 e. The molecule has 0 bridgehead atoms. The van der Waals surface area contributed by atoms with Crippen LogP contribution in [0, 0.1) is 0 Å². The first-order valence-corrected chi connectivity index (χ1v) is 11.3. The van der Waals surface area contributed by atoms with Crippen LogP contribution in [0.4, 0.5) is 0 Å². The highest BCUT2D eigenvalue weighted by atomic mass is 79.9. The van der Waals surface area contributed by atoms with Crippen LogP contribution in [0.25, 0.3) is 20.2 Å². The Labute approximate surface area is 146 Å². The van der Waals surface area contributed by atoms with Gasteiger partial charge in [0.25, 0.3) is 0 Å². The Hall–Kier alpha value is -1.21. The lowest BCUT2D eigenvalue weighted by Crippen LogP contribution is -1.56. The fourth-order valence-corrected chi connectivity index (χ4v) is 3.39. The van der Waals surface area contributed by atoms with E-state index in [4.69, 9.17) is 8.42 Å². The largest absolute Gasteiger partial charge is 0.220 e. The zero-order valence-corrected chi connectivity index (χ0v) is 15.5. The van der Waals surface area contributed by atoms with Crippen LogP contribution in [0.3, 0.4) is 0 Å². The van der Waals surface area contributed by atoms with Crippen LogP contribution >= 0.6 is 37.5 Å². The summed E-state index contributed by atoms with van der Waals surface area (Å²) >= 11 is 5.80. The van der Waals surface area contributed by atoms with Gasteiger partial charge in [-0.1, -0.05) is 36.4 Å². The van der Waals surface area contributed by atoms with Crippen molar-refractivity contribution in [1.29, 1.82) is 0 Å². The smallest absolute Gasteiger partial charge is 0.199 e. The molecule has 2 aromatic heterocycles. The van der Waals surface area contributed by atoms with Crippen molar-refractivity contribution in [3.63, 3.8) is 0 Å². The van der Waals surface area contributed by atoms with Crippen LogP contribution in [0.2, 0.25) is 0 Å². The van der Waals surface area contributed by atoms with Gasteiger partial charge in [-0.15, -0.1) is 22.7 Å². The average molecular weight is 413 g/mol. The van der Waals surface area contributed by atoms with Gasteiger partial charge in [0, 0.05) is 9.40 Å². The molecule has 0 fully saturated rings. The first-order valence-electron chi connectivity index (χ1n) is 6.31. The highest BCUT2D eigenvalue weighted by Crippen LogP contribution is 2.19. The Morgan fingerprint density at radius 3 is 1.41 bits per heavy atom. The van der Waals surface area contributed by atoms with Crippen LogP contribution < -0.4 is 0 Å². The Balaban J connectivity index is 0.000000131. The van der Waals surface area contributed by atoms with Crippen molar-refractivity contribution in [3.05, 3.63) is 71.4 Å². The molecule has 2 heterocycles. The Kier molecular flexibility index (Phi) is 7.05. The summed E-state index contributed by atoms with van der Waals surface area (Å²) in [7, 11) is -2.31. The quantitative estimate of drug-likeness (QED) is 0.296. The average Bonchev–Trinajstić information content (AvgIpc) is 3.16. The van der Waals surface area contributed by atoms with Crippen LogP contribution in [0.1, 0.15) is 0 Å². The van der Waals surface area contributed by atoms with E-state index in [1.165, 1.54) is 20.2 Å². The van der Waals surface area contributed by atoms with Gasteiger partial charge in [-0.05, 0) is 45.8 Å². The molecule has 0 saturated heterocycles. The molecule has 0 aliphatic carbocycles. The van der Waals surface area contributed by atoms with E-state index in [-0.39, 0.29) is 0 Å². The standard InChI is InChI=1S/2C8H6S.BrHO2S/c2*1-2-4-8-7(3-1)5-6-9-8;1-4(2)3/h2*1-6H;4H. The number of rotatable bonds is 0. The zero-order chi connectivity index (χ0) is 15.8. The lowest BCUT2D eigenvalue weighted by molar-refractivity contribution is 0.627. The monoisotopic (exact) mass is 412 g/mol. The van der Waals surface area contributed by atoms with Crippen molar-refractivity contribution in [1.82, 2.24) is 0 Å². The van der Waals surface area contributed by atoms with Crippen molar-refractivity contribution in [2.24, 2.45) is 0 Å². The van der Waals surface area contributed by atoms with E-state index in [1.54, 1.807) is 22.7 Å². The molecule has 114 valence electrons. The summed E-state index contributed by atoms with van der Waals surface area (Å²) in [5.74, 6) is 0. The lowest BCUT2D eigenvalue weighted by Gasteiger charge is -1.82. The molecule has 0 N–H and O–H groups in total. The van der Waals surface area contributed by atoms with Gasteiger partial charge in [-0.25, -0.2) is 8.42 Å². The maximum absolute atomic E-state index is 8.95. The molecule has 4 rings (SSSR count). The third-order valence-corrected chi connectivity index (χ3v) is 4.52. The number of hydrogen-bond donors (Lipinski definition) is 1. The van der Waals surface area contributed by atoms with Gasteiger partial charge < -0.3 is 0 Å². The molecular formula is C16H13BrO2S3. The van der Waals surface area contributed by atoms with E-state index >= 15 is 0 Å². The van der Waals surface area contributed by atoms with Crippen LogP contribution in [-0.4, -0.2) is 8.42 Å². The molecule has 0 aliphatic heterocycles. The lowest BCUT2D eigenvalue weighted by atomic mass is 10.3. The van der Waals surface area contributed by atoms with Gasteiger partial charge in [0.15, 0.2) is 9.14 Å². The SMILES string of the molecule is O=[SH](=O)Br.c1ccc2sccc2c1.c1ccc2sccc2c1. The molecule has 2 nitrogen and oxygen atoms in total. The molecule has 0 spiro atoms. The number of halogens is 1. The van der Waals surface area contributed by atoms with E-state index in [2.05, 4.69) is 86.2 Å². The summed E-state index contributed by atoms with van der Waals surface area (Å²) < 4.78 is 20.7. The fourth-order valence-electron chi connectivity index (χ4n) is 1.81. The number of fused-ring (bicyclic) bond motifs is 2.